The number of aliphatic carboxylic acids is 1. The predicted octanol–water partition coefficient (Wildman–Crippen LogP) is 8.12. The molecule has 0 radical (unpaired) electrons. The first kappa shape index (κ1) is 32.7. The zero-order valence-electron chi connectivity index (χ0n) is 25.9. The first-order chi connectivity index (χ1) is 20.1. The first-order valence-electron chi connectivity index (χ1n) is 14.8. The smallest absolute Gasteiger partial charge is 0.332 e. The monoisotopic (exact) mass is 606 g/mol. The molecule has 4 rings (SSSR count). The molecule has 0 saturated carbocycles. The molecule has 0 saturated heterocycles. The summed E-state index contributed by atoms with van der Waals surface area (Å²) in [6.45, 7) is 10.8. The average molecular weight is 607 g/mol. The van der Waals surface area contributed by atoms with Crippen LogP contribution in [0.4, 0.5) is 0 Å². The lowest BCUT2D eigenvalue weighted by Crippen LogP contribution is -2.33. The van der Waals surface area contributed by atoms with Crippen LogP contribution in [0.3, 0.4) is 0 Å². The maximum absolute atomic E-state index is 14.2. The largest absolute Gasteiger partial charge is 0.481 e. The number of carboxylic acids is 1. The van der Waals surface area contributed by atoms with E-state index < -0.39 is 42.6 Å². The van der Waals surface area contributed by atoms with Crippen LogP contribution in [-0.2, 0) is 34.4 Å². The van der Waals surface area contributed by atoms with E-state index in [1.165, 1.54) is 0 Å². The third kappa shape index (κ3) is 8.88. The van der Waals surface area contributed by atoms with Gasteiger partial charge in [0.25, 0.3) is 0 Å². The zero-order chi connectivity index (χ0) is 31.4. The third-order valence-corrected chi connectivity index (χ3v) is 9.84. The van der Waals surface area contributed by atoms with Gasteiger partial charge in [-0.25, -0.2) is 0 Å². The quantitative estimate of drug-likeness (QED) is 0.164. The Balaban J connectivity index is 1.57. The Morgan fingerprint density at radius 1 is 0.791 bits per heavy atom. The van der Waals surface area contributed by atoms with E-state index in [9.17, 15) is 19.3 Å². The number of fused-ring (bicyclic) bond motifs is 3. The van der Waals surface area contributed by atoms with Crippen LogP contribution >= 0.6 is 7.60 Å². The van der Waals surface area contributed by atoms with Crippen molar-refractivity contribution in [1.82, 2.24) is 0 Å². The van der Waals surface area contributed by atoms with Crippen LogP contribution < -0.4 is 0 Å². The molecule has 0 unspecified atom stereocenters. The summed E-state index contributed by atoms with van der Waals surface area (Å²) in [6.07, 6.45) is -0.253. The van der Waals surface area contributed by atoms with Crippen molar-refractivity contribution in [2.75, 3.05) is 12.8 Å². The number of esters is 1. The van der Waals surface area contributed by atoms with Gasteiger partial charge < -0.3 is 18.9 Å². The van der Waals surface area contributed by atoms with Gasteiger partial charge in [0.05, 0.1) is 29.7 Å². The molecule has 1 N–H and O–H groups in total. The van der Waals surface area contributed by atoms with Gasteiger partial charge in [-0.3, -0.25) is 14.2 Å². The average Bonchev–Trinajstić information content (AvgIpc) is 3.22. The fraction of sp³-hybridized carbons (Fsp3) is 0.429. The molecule has 1 aliphatic rings. The van der Waals surface area contributed by atoms with Gasteiger partial charge in [-0.1, -0.05) is 78.9 Å². The Kier molecular flexibility index (Phi) is 10.0. The number of rotatable bonds is 12. The molecule has 0 aromatic heterocycles. The van der Waals surface area contributed by atoms with Gasteiger partial charge in [0.1, 0.15) is 6.61 Å². The van der Waals surface area contributed by atoms with Crippen molar-refractivity contribution >= 4 is 19.5 Å². The van der Waals surface area contributed by atoms with Crippen LogP contribution in [0.15, 0.2) is 78.9 Å². The normalized spacial score (nSPS) is 14.9. The minimum atomic E-state index is -3.81. The Morgan fingerprint density at radius 2 is 1.28 bits per heavy atom. The molecule has 3 aromatic carbocycles. The van der Waals surface area contributed by atoms with E-state index in [4.69, 9.17) is 13.8 Å². The Bertz CT molecular complexity index is 1400. The second-order valence-electron chi connectivity index (χ2n) is 13.2. The molecule has 2 atom stereocenters. The number of carboxylic acid groups (broad SMARTS) is 1. The maximum Gasteiger partial charge on any atom is 0.332 e. The van der Waals surface area contributed by atoms with E-state index >= 15 is 0 Å². The summed E-state index contributed by atoms with van der Waals surface area (Å²) in [7, 11) is -3.81. The van der Waals surface area contributed by atoms with Gasteiger partial charge in [0.2, 0.25) is 0 Å². The molecule has 0 bridgehead atoms. The lowest BCUT2D eigenvalue weighted by Gasteiger charge is -2.35. The Labute approximate surface area is 255 Å². The molecular formula is C35H43O7P. The van der Waals surface area contributed by atoms with Crippen molar-refractivity contribution in [3.63, 3.8) is 0 Å². The predicted molar refractivity (Wildman–Crippen MR) is 168 cm³/mol. The minimum absolute atomic E-state index is 0.0985. The summed E-state index contributed by atoms with van der Waals surface area (Å²) in [5, 5.41) is 10.4. The van der Waals surface area contributed by atoms with Crippen molar-refractivity contribution < 1.29 is 33.0 Å². The Hall–Kier alpha value is -3.25. The van der Waals surface area contributed by atoms with Crippen molar-refractivity contribution in [2.24, 2.45) is 11.8 Å². The minimum Gasteiger partial charge on any atom is -0.481 e. The van der Waals surface area contributed by atoms with Gasteiger partial charge >= 0.3 is 19.5 Å². The lowest BCUT2D eigenvalue weighted by molar-refractivity contribution is -0.153. The summed E-state index contributed by atoms with van der Waals surface area (Å²) >= 11 is 0. The highest BCUT2D eigenvalue weighted by molar-refractivity contribution is 7.53. The van der Waals surface area contributed by atoms with E-state index in [1.807, 2.05) is 66.7 Å². The molecule has 43 heavy (non-hydrogen) atoms. The lowest BCUT2D eigenvalue weighted by atomic mass is 9.86. The highest BCUT2D eigenvalue weighted by Crippen LogP contribution is 2.56. The van der Waals surface area contributed by atoms with Crippen LogP contribution in [0.25, 0.3) is 11.1 Å². The number of ether oxygens (including phenoxy) is 1. The van der Waals surface area contributed by atoms with Crippen LogP contribution in [0, 0.1) is 11.8 Å². The first-order valence-corrected chi connectivity index (χ1v) is 16.5. The van der Waals surface area contributed by atoms with Crippen molar-refractivity contribution in [3.05, 3.63) is 95.6 Å². The molecule has 1 aliphatic carbocycles. The van der Waals surface area contributed by atoms with E-state index in [0.717, 1.165) is 27.8 Å². The molecule has 7 nitrogen and oxygen atoms in total. The van der Waals surface area contributed by atoms with Crippen LogP contribution in [0.5, 0.6) is 0 Å². The van der Waals surface area contributed by atoms with Crippen LogP contribution in [-0.4, -0.2) is 41.0 Å². The Morgan fingerprint density at radius 3 is 1.77 bits per heavy atom. The maximum atomic E-state index is 14.2. The molecule has 8 heteroatoms. The highest BCUT2D eigenvalue weighted by Gasteiger charge is 2.42. The number of hydrogen-bond acceptors (Lipinski definition) is 6. The number of carbonyl (C=O) groups is 2. The van der Waals surface area contributed by atoms with Gasteiger partial charge in [0.15, 0.2) is 0 Å². The van der Waals surface area contributed by atoms with Crippen molar-refractivity contribution in [1.29, 1.82) is 0 Å². The molecule has 0 spiro atoms. The fourth-order valence-electron chi connectivity index (χ4n) is 5.78. The van der Waals surface area contributed by atoms with Crippen molar-refractivity contribution in [2.45, 2.75) is 71.5 Å². The van der Waals surface area contributed by atoms with Gasteiger partial charge in [0, 0.05) is 5.92 Å². The molecular weight excluding hydrogens is 563 g/mol. The van der Waals surface area contributed by atoms with Crippen molar-refractivity contribution in [3.8, 4) is 11.1 Å². The highest BCUT2D eigenvalue weighted by atomic mass is 31.2. The SMILES string of the molecule is CC(C)(C)OP(=O)(C[C@H](Cc1ccccc1)[C@H](CC(=O)OCC1c2ccccc2-c2ccccc21)C(=O)O)OC(C)(C)C. The van der Waals surface area contributed by atoms with E-state index in [0.29, 0.717) is 0 Å². The van der Waals surface area contributed by atoms with Gasteiger partial charge in [-0.05, 0) is 81.7 Å². The van der Waals surface area contributed by atoms with E-state index in [2.05, 4.69) is 12.1 Å². The topological polar surface area (TPSA) is 99.1 Å². The molecule has 0 heterocycles. The molecule has 230 valence electrons. The van der Waals surface area contributed by atoms with Gasteiger partial charge in [-0.15, -0.1) is 0 Å². The number of carbonyl (C=O) groups excluding carboxylic acids is 1. The summed E-state index contributed by atoms with van der Waals surface area (Å²) in [5.41, 5.74) is 3.63. The fourth-order valence-corrected chi connectivity index (χ4v) is 8.59. The summed E-state index contributed by atoms with van der Waals surface area (Å²) < 4.78 is 32.0. The second-order valence-corrected chi connectivity index (χ2v) is 15.2. The number of benzene rings is 3. The molecule has 0 fully saturated rings. The molecule has 0 aliphatic heterocycles. The number of hydrogen-bond donors (Lipinski definition) is 1. The summed E-state index contributed by atoms with van der Waals surface area (Å²) in [4.78, 5) is 26.0. The summed E-state index contributed by atoms with van der Waals surface area (Å²) in [5.74, 6) is -3.81. The molecule has 3 aromatic rings. The van der Waals surface area contributed by atoms with E-state index in [-0.39, 0.29) is 31.5 Å². The zero-order valence-corrected chi connectivity index (χ0v) is 26.8. The van der Waals surface area contributed by atoms with E-state index in [1.54, 1.807) is 41.5 Å². The summed E-state index contributed by atoms with van der Waals surface area (Å²) in [6, 6.07) is 25.5. The van der Waals surface area contributed by atoms with Crippen LogP contribution in [0.1, 0.15) is 70.6 Å². The van der Waals surface area contributed by atoms with Gasteiger partial charge in [-0.2, -0.15) is 0 Å². The van der Waals surface area contributed by atoms with Crippen LogP contribution in [0.2, 0.25) is 0 Å². The molecule has 0 amide bonds. The second kappa shape index (κ2) is 13.2. The standard InChI is InChI=1S/C35H43O7P/c1-34(2,3)41-43(39,42-35(4,5)6)23-25(20-24-14-8-7-9-15-24)30(33(37)38)21-32(36)40-22-31-28-18-12-10-16-26(28)27-17-11-13-19-29(27)31/h7-19,25,30-31H,20-23H2,1-6H3,(H,37,38)/t25-,30-/m0/s1. The third-order valence-electron chi connectivity index (χ3n) is 7.27.